The van der Waals surface area contributed by atoms with E-state index in [-0.39, 0.29) is 11.4 Å². The molecule has 0 aliphatic carbocycles. The van der Waals surface area contributed by atoms with Gasteiger partial charge < -0.3 is 4.57 Å². The Morgan fingerprint density at radius 2 is 2.09 bits per heavy atom. The Kier molecular flexibility index (Phi) is 3.27. The van der Waals surface area contributed by atoms with Crippen LogP contribution in [0.15, 0.2) is 42.6 Å². The van der Waals surface area contributed by atoms with E-state index in [2.05, 4.69) is 16.0 Å². The standard InChI is InChI=1S/C15H11N5O2/c1-19-12-6-3-2-5-11(12)18-15(19)10(9-16)14-13(20(21)22)7-4-8-17-14/h2-8,10H,1H3. The van der Waals surface area contributed by atoms with Crippen LogP contribution in [0.25, 0.3) is 11.0 Å². The number of pyridine rings is 1. The lowest BCUT2D eigenvalue weighted by Gasteiger charge is -2.09. The van der Waals surface area contributed by atoms with Gasteiger partial charge in [0.05, 0.1) is 22.0 Å². The van der Waals surface area contributed by atoms with Gasteiger partial charge in [-0.25, -0.2) is 4.98 Å². The van der Waals surface area contributed by atoms with Crippen molar-refractivity contribution in [1.29, 1.82) is 5.26 Å². The Labute approximate surface area is 125 Å². The van der Waals surface area contributed by atoms with Crippen molar-refractivity contribution in [3.05, 3.63) is 64.2 Å². The molecule has 2 heterocycles. The maximum absolute atomic E-state index is 11.2. The van der Waals surface area contributed by atoms with Gasteiger partial charge in [0.1, 0.15) is 11.5 Å². The van der Waals surface area contributed by atoms with Gasteiger partial charge in [0.15, 0.2) is 5.92 Å². The highest BCUT2D eigenvalue weighted by molar-refractivity contribution is 5.76. The Morgan fingerprint density at radius 3 is 2.77 bits per heavy atom. The summed E-state index contributed by atoms with van der Waals surface area (Å²) in [5.74, 6) is -0.468. The predicted molar refractivity (Wildman–Crippen MR) is 79.1 cm³/mol. The number of para-hydroxylation sites is 2. The fourth-order valence-electron chi connectivity index (χ4n) is 2.45. The highest BCUT2D eigenvalue weighted by Crippen LogP contribution is 2.30. The van der Waals surface area contributed by atoms with E-state index in [1.165, 1.54) is 18.3 Å². The second-order valence-electron chi connectivity index (χ2n) is 4.74. The van der Waals surface area contributed by atoms with Crippen molar-refractivity contribution in [1.82, 2.24) is 14.5 Å². The Bertz CT molecular complexity index is 910. The third-order valence-electron chi connectivity index (χ3n) is 3.50. The van der Waals surface area contributed by atoms with E-state index in [1.54, 1.807) is 11.6 Å². The molecule has 0 spiro atoms. The molecule has 0 N–H and O–H groups in total. The van der Waals surface area contributed by atoms with Crippen molar-refractivity contribution in [2.45, 2.75) is 5.92 Å². The smallest absolute Gasteiger partial charge is 0.292 e. The van der Waals surface area contributed by atoms with Gasteiger partial charge in [0.25, 0.3) is 5.69 Å². The lowest BCUT2D eigenvalue weighted by molar-refractivity contribution is -0.386. The third kappa shape index (κ3) is 2.07. The first-order valence-corrected chi connectivity index (χ1v) is 6.53. The van der Waals surface area contributed by atoms with Gasteiger partial charge in [-0.1, -0.05) is 12.1 Å². The molecular formula is C15H11N5O2. The summed E-state index contributed by atoms with van der Waals surface area (Å²) in [6.07, 6.45) is 1.44. The minimum absolute atomic E-state index is 0.105. The summed E-state index contributed by atoms with van der Waals surface area (Å²) in [4.78, 5) is 19.1. The van der Waals surface area contributed by atoms with Crippen LogP contribution in [0, 0.1) is 21.4 Å². The highest BCUT2D eigenvalue weighted by atomic mass is 16.6. The SMILES string of the molecule is Cn1c(C(C#N)c2ncccc2[N+](=O)[O-])nc2ccccc21. The number of benzene rings is 1. The van der Waals surface area contributed by atoms with Crippen LogP contribution in [0.5, 0.6) is 0 Å². The van der Waals surface area contributed by atoms with Crippen LogP contribution in [0.4, 0.5) is 5.69 Å². The largest absolute Gasteiger partial charge is 0.330 e. The zero-order valence-electron chi connectivity index (χ0n) is 11.7. The number of hydrogen-bond acceptors (Lipinski definition) is 5. The van der Waals surface area contributed by atoms with E-state index < -0.39 is 10.8 Å². The topological polar surface area (TPSA) is 97.6 Å². The highest BCUT2D eigenvalue weighted by Gasteiger charge is 2.28. The van der Waals surface area contributed by atoms with Crippen LogP contribution in [-0.2, 0) is 7.05 Å². The molecule has 1 unspecified atom stereocenters. The van der Waals surface area contributed by atoms with Crippen LogP contribution in [0.3, 0.4) is 0 Å². The van der Waals surface area contributed by atoms with Crippen LogP contribution in [-0.4, -0.2) is 19.5 Å². The summed E-state index contributed by atoms with van der Waals surface area (Å²) in [5.41, 5.74) is 1.52. The van der Waals surface area contributed by atoms with Gasteiger partial charge in [-0.2, -0.15) is 5.26 Å². The van der Waals surface area contributed by atoms with Crippen LogP contribution in [0.1, 0.15) is 17.4 Å². The second-order valence-corrected chi connectivity index (χ2v) is 4.74. The molecule has 0 saturated carbocycles. The zero-order chi connectivity index (χ0) is 15.7. The van der Waals surface area contributed by atoms with E-state index in [0.29, 0.717) is 5.82 Å². The molecule has 7 heteroatoms. The van der Waals surface area contributed by atoms with Crippen molar-refractivity contribution < 1.29 is 4.92 Å². The number of nitro groups is 1. The molecular weight excluding hydrogens is 282 g/mol. The van der Waals surface area contributed by atoms with E-state index in [9.17, 15) is 15.4 Å². The fraction of sp³-hybridized carbons (Fsp3) is 0.133. The maximum atomic E-state index is 11.2. The van der Waals surface area contributed by atoms with Gasteiger partial charge in [-0.05, 0) is 18.2 Å². The average molecular weight is 293 g/mol. The van der Waals surface area contributed by atoms with Crippen LogP contribution >= 0.6 is 0 Å². The number of hydrogen-bond donors (Lipinski definition) is 0. The molecule has 0 bridgehead atoms. The van der Waals surface area contributed by atoms with Crippen molar-refractivity contribution in [3.63, 3.8) is 0 Å². The van der Waals surface area contributed by atoms with Crippen molar-refractivity contribution in [3.8, 4) is 6.07 Å². The number of fused-ring (bicyclic) bond motifs is 1. The molecule has 108 valence electrons. The predicted octanol–water partition coefficient (Wildman–Crippen LogP) is 2.53. The summed E-state index contributed by atoms with van der Waals surface area (Å²) in [5, 5.41) is 20.7. The summed E-state index contributed by atoms with van der Waals surface area (Å²) in [6.45, 7) is 0. The number of nitriles is 1. The molecule has 0 saturated heterocycles. The maximum Gasteiger partial charge on any atom is 0.292 e. The van der Waals surface area contributed by atoms with E-state index in [4.69, 9.17) is 0 Å². The quantitative estimate of drug-likeness (QED) is 0.546. The Hall–Kier alpha value is -3.27. The molecule has 1 aromatic carbocycles. The molecule has 0 aliphatic rings. The summed E-state index contributed by atoms with van der Waals surface area (Å²) in [7, 11) is 1.78. The Balaban J connectivity index is 2.22. The molecule has 0 radical (unpaired) electrons. The minimum atomic E-state index is -0.904. The van der Waals surface area contributed by atoms with Crippen molar-refractivity contribution in [2.24, 2.45) is 7.05 Å². The van der Waals surface area contributed by atoms with Crippen LogP contribution in [0.2, 0.25) is 0 Å². The summed E-state index contributed by atoms with van der Waals surface area (Å²) < 4.78 is 1.77. The average Bonchev–Trinajstić information content (AvgIpc) is 2.86. The second kappa shape index (κ2) is 5.26. The third-order valence-corrected chi connectivity index (χ3v) is 3.50. The van der Waals surface area contributed by atoms with Crippen molar-refractivity contribution >= 4 is 16.7 Å². The number of imidazole rings is 1. The summed E-state index contributed by atoms with van der Waals surface area (Å²) >= 11 is 0. The number of nitrogens with zero attached hydrogens (tertiary/aromatic N) is 5. The lowest BCUT2D eigenvalue weighted by Crippen LogP contribution is -2.10. The molecule has 7 nitrogen and oxygen atoms in total. The molecule has 0 amide bonds. The molecule has 1 atom stereocenters. The number of aromatic nitrogens is 3. The molecule has 0 fully saturated rings. The Morgan fingerprint density at radius 1 is 1.32 bits per heavy atom. The first-order valence-electron chi connectivity index (χ1n) is 6.53. The number of aryl methyl sites for hydroxylation is 1. The zero-order valence-corrected chi connectivity index (χ0v) is 11.7. The number of rotatable bonds is 3. The van der Waals surface area contributed by atoms with Crippen LogP contribution < -0.4 is 0 Å². The van der Waals surface area contributed by atoms with Gasteiger partial charge >= 0.3 is 0 Å². The van der Waals surface area contributed by atoms with E-state index >= 15 is 0 Å². The lowest BCUT2D eigenvalue weighted by atomic mass is 10.0. The molecule has 0 aliphatic heterocycles. The first kappa shape index (κ1) is 13.7. The van der Waals surface area contributed by atoms with Gasteiger partial charge in [0, 0.05) is 19.3 Å². The van der Waals surface area contributed by atoms with Gasteiger partial charge in [-0.15, -0.1) is 0 Å². The molecule has 3 aromatic rings. The molecule has 2 aromatic heterocycles. The normalized spacial score (nSPS) is 12.0. The van der Waals surface area contributed by atoms with Crippen molar-refractivity contribution in [2.75, 3.05) is 0 Å². The summed E-state index contributed by atoms with van der Waals surface area (Å²) in [6, 6.07) is 12.3. The fourth-order valence-corrected chi connectivity index (χ4v) is 2.45. The minimum Gasteiger partial charge on any atom is -0.330 e. The molecule has 22 heavy (non-hydrogen) atoms. The van der Waals surface area contributed by atoms with E-state index in [0.717, 1.165) is 11.0 Å². The van der Waals surface area contributed by atoms with Gasteiger partial charge in [-0.3, -0.25) is 15.1 Å². The molecule has 3 rings (SSSR count). The van der Waals surface area contributed by atoms with E-state index in [1.807, 2.05) is 24.3 Å². The first-order chi connectivity index (χ1) is 10.6. The monoisotopic (exact) mass is 293 g/mol. The van der Waals surface area contributed by atoms with Gasteiger partial charge in [0.2, 0.25) is 0 Å².